The van der Waals surface area contributed by atoms with Crippen molar-refractivity contribution in [3.63, 3.8) is 0 Å². The highest BCUT2D eigenvalue weighted by Crippen LogP contribution is 2.29. The van der Waals surface area contributed by atoms with Gasteiger partial charge in [-0.3, -0.25) is 4.79 Å². The first-order valence-corrected chi connectivity index (χ1v) is 6.23. The van der Waals surface area contributed by atoms with Crippen LogP contribution < -0.4 is 0 Å². The van der Waals surface area contributed by atoms with E-state index in [1.165, 1.54) is 0 Å². The Morgan fingerprint density at radius 1 is 1.47 bits per heavy atom. The SMILES string of the molecule is CCC(C)(CCCCl)C(=O)OCC(C)C. The summed E-state index contributed by atoms with van der Waals surface area (Å²) in [7, 11) is 0. The van der Waals surface area contributed by atoms with Gasteiger partial charge in [-0.05, 0) is 32.1 Å². The fourth-order valence-electron chi connectivity index (χ4n) is 1.30. The van der Waals surface area contributed by atoms with E-state index < -0.39 is 0 Å². The molecule has 0 rings (SSSR count). The summed E-state index contributed by atoms with van der Waals surface area (Å²) in [6.45, 7) is 8.56. The zero-order valence-electron chi connectivity index (χ0n) is 10.3. The van der Waals surface area contributed by atoms with E-state index in [9.17, 15) is 4.79 Å². The van der Waals surface area contributed by atoms with Crippen LogP contribution in [0.4, 0.5) is 0 Å². The second-order valence-electron chi connectivity index (χ2n) is 4.70. The predicted molar refractivity (Wildman–Crippen MR) is 64.1 cm³/mol. The minimum Gasteiger partial charge on any atom is -0.465 e. The van der Waals surface area contributed by atoms with E-state index in [2.05, 4.69) is 0 Å². The monoisotopic (exact) mass is 234 g/mol. The maximum absolute atomic E-state index is 11.8. The average molecular weight is 235 g/mol. The van der Waals surface area contributed by atoms with E-state index >= 15 is 0 Å². The number of ether oxygens (including phenoxy) is 1. The molecule has 0 N–H and O–H groups in total. The summed E-state index contributed by atoms with van der Waals surface area (Å²) in [5.41, 5.74) is -0.357. The molecular weight excluding hydrogens is 212 g/mol. The van der Waals surface area contributed by atoms with Crippen LogP contribution in [0.3, 0.4) is 0 Å². The van der Waals surface area contributed by atoms with E-state index in [0.29, 0.717) is 18.4 Å². The molecule has 0 radical (unpaired) electrons. The molecule has 0 aliphatic carbocycles. The quantitative estimate of drug-likeness (QED) is 0.497. The Balaban J connectivity index is 4.18. The van der Waals surface area contributed by atoms with Crippen molar-refractivity contribution < 1.29 is 9.53 Å². The normalized spacial score (nSPS) is 15.1. The molecule has 0 heterocycles. The first-order valence-electron chi connectivity index (χ1n) is 5.69. The average Bonchev–Trinajstić information content (AvgIpc) is 2.22. The molecule has 15 heavy (non-hydrogen) atoms. The molecule has 0 fully saturated rings. The second kappa shape index (κ2) is 7.10. The molecule has 0 spiro atoms. The third-order valence-electron chi connectivity index (χ3n) is 2.68. The first kappa shape index (κ1) is 14.8. The number of hydrogen-bond donors (Lipinski definition) is 0. The van der Waals surface area contributed by atoms with E-state index in [1.807, 2.05) is 27.7 Å². The van der Waals surface area contributed by atoms with Gasteiger partial charge in [0.1, 0.15) is 0 Å². The number of carbonyl (C=O) groups is 1. The fourth-order valence-corrected chi connectivity index (χ4v) is 1.43. The maximum Gasteiger partial charge on any atom is 0.311 e. The van der Waals surface area contributed by atoms with Crippen LogP contribution in [0.5, 0.6) is 0 Å². The molecule has 0 aliphatic heterocycles. The minimum absolute atomic E-state index is 0.0798. The largest absolute Gasteiger partial charge is 0.465 e. The molecule has 0 aliphatic rings. The molecule has 0 amide bonds. The van der Waals surface area contributed by atoms with E-state index in [0.717, 1.165) is 19.3 Å². The van der Waals surface area contributed by atoms with Gasteiger partial charge in [0.25, 0.3) is 0 Å². The Bertz CT molecular complexity index is 192. The van der Waals surface area contributed by atoms with Crippen LogP contribution in [0.25, 0.3) is 0 Å². The lowest BCUT2D eigenvalue weighted by atomic mass is 9.83. The number of halogens is 1. The number of esters is 1. The van der Waals surface area contributed by atoms with Crippen LogP contribution in [0.1, 0.15) is 47.0 Å². The Morgan fingerprint density at radius 3 is 2.47 bits per heavy atom. The van der Waals surface area contributed by atoms with Crippen LogP contribution in [0, 0.1) is 11.3 Å². The van der Waals surface area contributed by atoms with Gasteiger partial charge in [-0.15, -0.1) is 11.6 Å². The van der Waals surface area contributed by atoms with Crippen LogP contribution in [-0.4, -0.2) is 18.5 Å². The van der Waals surface area contributed by atoms with Gasteiger partial charge in [0.15, 0.2) is 0 Å². The molecule has 0 bridgehead atoms. The highest BCUT2D eigenvalue weighted by atomic mass is 35.5. The minimum atomic E-state index is -0.357. The number of alkyl halides is 1. The van der Waals surface area contributed by atoms with Crippen molar-refractivity contribution >= 4 is 17.6 Å². The lowest BCUT2D eigenvalue weighted by molar-refractivity contribution is -0.156. The topological polar surface area (TPSA) is 26.3 Å². The lowest BCUT2D eigenvalue weighted by Crippen LogP contribution is -2.30. The van der Waals surface area contributed by atoms with Gasteiger partial charge in [-0.25, -0.2) is 0 Å². The third-order valence-corrected chi connectivity index (χ3v) is 2.95. The Kier molecular flexibility index (Phi) is 6.99. The highest BCUT2D eigenvalue weighted by Gasteiger charge is 2.32. The first-order chi connectivity index (χ1) is 6.96. The smallest absolute Gasteiger partial charge is 0.311 e. The summed E-state index contributed by atoms with van der Waals surface area (Å²) in [6, 6.07) is 0. The Morgan fingerprint density at radius 2 is 2.07 bits per heavy atom. The summed E-state index contributed by atoms with van der Waals surface area (Å²) in [5, 5.41) is 0. The van der Waals surface area contributed by atoms with Gasteiger partial charge in [0, 0.05) is 5.88 Å². The molecule has 3 heteroatoms. The van der Waals surface area contributed by atoms with Gasteiger partial charge in [-0.2, -0.15) is 0 Å². The van der Waals surface area contributed by atoms with Crippen LogP contribution >= 0.6 is 11.6 Å². The van der Waals surface area contributed by atoms with Crippen molar-refractivity contribution in [3.05, 3.63) is 0 Å². The van der Waals surface area contributed by atoms with Gasteiger partial charge in [0.2, 0.25) is 0 Å². The third kappa shape index (κ3) is 5.41. The van der Waals surface area contributed by atoms with Crippen LogP contribution in [0.2, 0.25) is 0 Å². The van der Waals surface area contributed by atoms with Crippen molar-refractivity contribution in [2.45, 2.75) is 47.0 Å². The van der Waals surface area contributed by atoms with Crippen LogP contribution in [-0.2, 0) is 9.53 Å². The van der Waals surface area contributed by atoms with Gasteiger partial charge in [0.05, 0.1) is 12.0 Å². The van der Waals surface area contributed by atoms with Crippen molar-refractivity contribution in [2.24, 2.45) is 11.3 Å². The van der Waals surface area contributed by atoms with Gasteiger partial charge >= 0.3 is 5.97 Å². The molecular formula is C12H23ClO2. The summed E-state index contributed by atoms with van der Waals surface area (Å²) in [4.78, 5) is 11.8. The molecule has 2 nitrogen and oxygen atoms in total. The summed E-state index contributed by atoms with van der Waals surface area (Å²) < 4.78 is 5.27. The molecule has 0 aromatic carbocycles. The molecule has 1 atom stereocenters. The molecule has 90 valence electrons. The molecule has 0 saturated carbocycles. The van der Waals surface area contributed by atoms with Crippen molar-refractivity contribution in [1.82, 2.24) is 0 Å². The Labute approximate surface area is 98.3 Å². The van der Waals surface area contributed by atoms with Crippen molar-refractivity contribution in [3.8, 4) is 0 Å². The number of hydrogen-bond acceptors (Lipinski definition) is 2. The molecule has 0 aromatic heterocycles. The second-order valence-corrected chi connectivity index (χ2v) is 5.08. The zero-order valence-corrected chi connectivity index (χ0v) is 11.1. The van der Waals surface area contributed by atoms with Crippen molar-refractivity contribution in [2.75, 3.05) is 12.5 Å². The Hall–Kier alpha value is -0.240. The predicted octanol–water partition coefficient (Wildman–Crippen LogP) is 3.62. The maximum atomic E-state index is 11.8. The lowest BCUT2D eigenvalue weighted by Gasteiger charge is -2.26. The number of carbonyl (C=O) groups excluding carboxylic acids is 1. The van der Waals surface area contributed by atoms with Crippen LogP contribution in [0.15, 0.2) is 0 Å². The van der Waals surface area contributed by atoms with Gasteiger partial charge in [-0.1, -0.05) is 20.8 Å². The fraction of sp³-hybridized carbons (Fsp3) is 0.917. The molecule has 0 aromatic rings. The van der Waals surface area contributed by atoms with Gasteiger partial charge < -0.3 is 4.74 Å². The van der Waals surface area contributed by atoms with Crippen molar-refractivity contribution in [1.29, 1.82) is 0 Å². The number of rotatable bonds is 7. The summed E-state index contributed by atoms with van der Waals surface area (Å²) in [5.74, 6) is 0.916. The van der Waals surface area contributed by atoms with E-state index in [4.69, 9.17) is 16.3 Å². The standard InChI is InChI=1S/C12H23ClO2/c1-5-12(4,7-6-8-13)11(14)15-9-10(2)3/h10H,5-9H2,1-4H3. The summed E-state index contributed by atoms with van der Waals surface area (Å²) >= 11 is 5.64. The zero-order chi connectivity index (χ0) is 11.9. The summed E-state index contributed by atoms with van der Waals surface area (Å²) in [6.07, 6.45) is 2.48. The molecule has 1 unspecified atom stereocenters. The van der Waals surface area contributed by atoms with E-state index in [-0.39, 0.29) is 11.4 Å². The van der Waals surface area contributed by atoms with E-state index in [1.54, 1.807) is 0 Å². The molecule has 0 saturated heterocycles. The highest BCUT2D eigenvalue weighted by molar-refractivity contribution is 6.17.